The number of anilines is 1. The average Bonchev–Trinajstić information content (AvgIpc) is 2.48. The van der Waals surface area contributed by atoms with Crippen LogP contribution in [-0.4, -0.2) is 30.9 Å². The molecule has 0 aliphatic rings. The van der Waals surface area contributed by atoms with Crippen molar-refractivity contribution >= 4 is 15.7 Å². The fourth-order valence-electron chi connectivity index (χ4n) is 2.04. The first-order valence-corrected chi connectivity index (χ1v) is 9.07. The first-order chi connectivity index (χ1) is 10.5. The molecule has 0 radical (unpaired) electrons. The molecule has 6 heteroatoms. The maximum absolute atomic E-state index is 12.1. The Morgan fingerprint density at radius 3 is 2.50 bits per heavy atom. The van der Waals surface area contributed by atoms with Gasteiger partial charge in [-0.2, -0.15) is 5.10 Å². The van der Waals surface area contributed by atoms with E-state index >= 15 is 0 Å². The summed E-state index contributed by atoms with van der Waals surface area (Å²) in [7, 11) is -3.08. The van der Waals surface area contributed by atoms with Crippen LogP contribution >= 0.6 is 0 Å². The summed E-state index contributed by atoms with van der Waals surface area (Å²) in [6, 6.07) is 11.2. The fraction of sp³-hybridized carbons (Fsp3) is 0.375. The lowest BCUT2D eigenvalue weighted by atomic mass is 10.2. The van der Waals surface area contributed by atoms with Gasteiger partial charge >= 0.3 is 0 Å². The monoisotopic (exact) mass is 319 g/mol. The lowest BCUT2D eigenvalue weighted by Crippen LogP contribution is -2.14. The second-order valence-electron chi connectivity index (χ2n) is 5.36. The van der Waals surface area contributed by atoms with Crippen molar-refractivity contribution in [1.82, 2.24) is 10.2 Å². The summed E-state index contributed by atoms with van der Waals surface area (Å²) in [5.74, 6) is 0.938. The molecule has 0 saturated carbocycles. The van der Waals surface area contributed by atoms with Crippen molar-refractivity contribution in [2.45, 2.75) is 26.0 Å². The maximum atomic E-state index is 12.1. The molecular formula is C16H21N3O2S. The van der Waals surface area contributed by atoms with Gasteiger partial charge in [-0.15, -0.1) is 5.10 Å². The minimum Gasteiger partial charge on any atom is -0.369 e. The molecular weight excluding hydrogens is 298 g/mol. The molecule has 0 amide bonds. The Morgan fingerprint density at radius 1 is 1.09 bits per heavy atom. The van der Waals surface area contributed by atoms with Crippen LogP contribution in [0.1, 0.15) is 23.2 Å². The van der Waals surface area contributed by atoms with Crippen LogP contribution in [0.5, 0.6) is 0 Å². The third kappa shape index (κ3) is 5.11. The molecule has 0 saturated heterocycles. The van der Waals surface area contributed by atoms with E-state index in [0.717, 1.165) is 16.8 Å². The molecule has 0 bridgehead atoms. The van der Waals surface area contributed by atoms with Gasteiger partial charge in [-0.25, -0.2) is 8.42 Å². The van der Waals surface area contributed by atoms with Gasteiger partial charge in [0.1, 0.15) is 5.82 Å². The van der Waals surface area contributed by atoms with E-state index in [0.29, 0.717) is 18.8 Å². The van der Waals surface area contributed by atoms with E-state index in [4.69, 9.17) is 0 Å². The molecule has 5 nitrogen and oxygen atoms in total. The standard InChI is InChI=1S/C16H21N3O2S/c1-13-11-16(19-18-14(13)2)17-9-6-10-22(20,21)12-15-7-4-3-5-8-15/h3-5,7-8,11H,6,9-10,12H2,1-2H3,(H,17,19). The number of sulfone groups is 1. The van der Waals surface area contributed by atoms with E-state index in [1.54, 1.807) is 0 Å². The highest BCUT2D eigenvalue weighted by Gasteiger charge is 2.11. The number of nitrogens with zero attached hydrogens (tertiary/aromatic N) is 2. The van der Waals surface area contributed by atoms with Crippen molar-refractivity contribution in [2.75, 3.05) is 17.6 Å². The topological polar surface area (TPSA) is 72.0 Å². The largest absolute Gasteiger partial charge is 0.369 e. The van der Waals surface area contributed by atoms with Crippen LogP contribution in [-0.2, 0) is 15.6 Å². The van der Waals surface area contributed by atoms with E-state index < -0.39 is 9.84 Å². The Labute approximate surface area is 131 Å². The van der Waals surface area contributed by atoms with Crippen LogP contribution in [0.4, 0.5) is 5.82 Å². The smallest absolute Gasteiger partial charge is 0.154 e. The number of hydrogen-bond donors (Lipinski definition) is 1. The molecule has 1 N–H and O–H groups in total. The summed E-state index contributed by atoms with van der Waals surface area (Å²) < 4.78 is 24.1. The quantitative estimate of drug-likeness (QED) is 0.794. The summed E-state index contributed by atoms with van der Waals surface area (Å²) in [6.45, 7) is 4.44. The average molecular weight is 319 g/mol. The molecule has 22 heavy (non-hydrogen) atoms. The van der Waals surface area contributed by atoms with E-state index in [-0.39, 0.29) is 11.5 Å². The van der Waals surface area contributed by atoms with Crippen molar-refractivity contribution in [3.63, 3.8) is 0 Å². The Kier molecular flexibility index (Phi) is 5.49. The van der Waals surface area contributed by atoms with Crippen LogP contribution in [0.2, 0.25) is 0 Å². The Bertz CT molecular complexity index is 715. The zero-order valence-corrected chi connectivity index (χ0v) is 13.7. The summed E-state index contributed by atoms with van der Waals surface area (Å²) in [5.41, 5.74) is 2.79. The predicted molar refractivity (Wildman–Crippen MR) is 88.5 cm³/mol. The van der Waals surface area contributed by atoms with Crippen LogP contribution in [0.3, 0.4) is 0 Å². The Morgan fingerprint density at radius 2 is 1.82 bits per heavy atom. The van der Waals surface area contributed by atoms with Gasteiger partial charge in [-0.3, -0.25) is 0 Å². The lowest BCUT2D eigenvalue weighted by Gasteiger charge is -2.07. The van der Waals surface area contributed by atoms with Crippen LogP contribution in [0, 0.1) is 13.8 Å². The van der Waals surface area contributed by atoms with Gasteiger partial charge in [0, 0.05) is 6.54 Å². The van der Waals surface area contributed by atoms with Crippen molar-refractivity contribution < 1.29 is 8.42 Å². The summed E-state index contributed by atoms with van der Waals surface area (Å²) >= 11 is 0. The normalized spacial score (nSPS) is 11.4. The number of aryl methyl sites for hydroxylation is 2. The number of benzene rings is 1. The third-order valence-corrected chi connectivity index (χ3v) is 5.08. The first-order valence-electron chi connectivity index (χ1n) is 7.25. The van der Waals surface area contributed by atoms with Crippen molar-refractivity contribution in [1.29, 1.82) is 0 Å². The second-order valence-corrected chi connectivity index (χ2v) is 7.54. The van der Waals surface area contributed by atoms with Gasteiger partial charge in [-0.1, -0.05) is 30.3 Å². The lowest BCUT2D eigenvalue weighted by molar-refractivity contribution is 0.593. The highest BCUT2D eigenvalue weighted by molar-refractivity contribution is 7.90. The molecule has 1 aromatic carbocycles. The molecule has 0 spiro atoms. The van der Waals surface area contributed by atoms with E-state index in [1.807, 2.05) is 50.2 Å². The second kappa shape index (κ2) is 7.35. The zero-order valence-electron chi connectivity index (χ0n) is 12.9. The zero-order chi connectivity index (χ0) is 16.0. The van der Waals surface area contributed by atoms with Gasteiger partial charge in [0.25, 0.3) is 0 Å². The first kappa shape index (κ1) is 16.4. The third-order valence-electron chi connectivity index (χ3n) is 3.40. The van der Waals surface area contributed by atoms with E-state index in [9.17, 15) is 8.42 Å². The van der Waals surface area contributed by atoms with Crippen LogP contribution < -0.4 is 5.32 Å². The van der Waals surface area contributed by atoms with Crippen molar-refractivity contribution in [2.24, 2.45) is 0 Å². The van der Waals surface area contributed by atoms with Gasteiger partial charge in [0.2, 0.25) is 0 Å². The number of hydrogen-bond acceptors (Lipinski definition) is 5. The molecule has 2 aromatic rings. The van der Waals surface area contributed by atoms with Crippen LogP contribution in [0.25, 0.3) is 0 Å². The SMILES string of the molecule is Cc1cc(NCCCS(=O)(=O)Cc2ccccc2)nnc1C. The van der Waals surface area contributed by atoms with Crippen molar-refractivity contribution in [3.8, 4) is 0 Å². The highest BCUT2D eigenvalue weighted by Crippen LogP contribution is 2.09. The maximum Gasteiger partial charge on any atom is 0.154 e. The fourth-order valence-corrected chi connectivity index (χ4v) is 3.47. The van der Waals surface area contributed by atoms with Gasteiger partial charge in [0.15, 0.2) is 9.84 Å². The van der Waals surface area contributed by atoms with Crippen molar-refractivity contribution in [3.05, 3.63) is 53.2 Å². The van der Waals surface area contributed by atoms with Gasteiger partial charge in [-0.05, 0) is 37.5 Å². The molecule has 0 atom stereocenters. The highest BCUT2D eigenvalue weighted by atomic mass is 32.2. The Balaban J connectivity index is 1.79. The molecule has 0 fully saturated rings. The summed E-state index contributed by atoms with van der Waals surface area (Å²) in [4.78, 5) is 0. The van der Waals surface area contributed by atoms with Gasteiger partial charge in [0.05, 0.1) is 17.2 Å². The van der Waals surface area contributed by atoms with E-state index in [2.05, 4.69) is 15.5 Å². The number of rotatable bonds is 7. The minimum absolute atomic E-state index is 0.0945. The molecule has 1 aromatic heterocycles. The molecule has 2 rings (SSSR count). The van der Waals surface area contributed by atoms with Crippen LogP contribution in [0.15, 0.2) is 36.4 Å². The molecule has 0 unspecified atom stereocenters. The van der Waals surface area contributed by atoms with Gasteiger partial charge < -0.3 is 5.32 Å². The minimum atomic E-state index is -3.08. The summed E-state index contributed by atoms with van der Waals surface area (Å²) in [6.07, 6.45) is 0.545. The predicted octanol–water partition coefficient (Wildman–Crippen LogP) is 2.51. The molecule has 1 heterocycles. The molecule has 118 valence electrons. The molecule has 0 aliphatic carbocycles. The number of nitrogens with one attached hydrogen (secondary N) is 1. The molecule has 0 aliphatic heterocycles. The number of aromatic nitrogens is 2. The van der Waals surface area contributed by atoms with E-state index in [1.165, 1.54) is 0 Å². The summed E-state index contributed by atoms with van der Waals surface area (Å²) in [5, 5.41) is 11.2. The Hall–Kier alpha value is -1.95.